The number of benzene rings is 2. The van der Waals surface area contributed by atoms with Crippen molar-refractivity contribution in [3.63, 3.8) is 0 Å². The lowest BCUT2D eigenvalue weighted by Gasteiger charge is -2.16. The van der Waals surface area contributed by atoms with E-state index in [1.54, 1.807) is 7.11 Å². The molecule has 0 radical (unpaired) electrons. The third kappa shape index (κ3) is 5.61. The van der Waals surface area contributed by atoms with Gasteiger partial charge in [0.1, 0.15) is 18.1 Å². The number of rotatable bonds is 8. The first-order valence-electron chi connectivity index (χ1n) is 8.19. The Morgan fingerprint density at radius 2 is 1.83 bits per heavy atom. The van der Waals surface area contributed by atoms with Gasteiger partial charge in [-0.3, -0.25) is 4.79 Å². The van der Waals surface area contributed by atoms with Gasteiger partial charge in [-0.1, -0.05) is 30.3 Å². The molecule has 2 aromatic carbocycles. The van der Waals surface area contributed by atoms with Crippen LogP contribution in [0.15, 0.2) is 48.5 Å². The molecule has 2 aromatic rings. The van der Waals surface area contributed by atoms with Crippen molar-refractivity contribution in [3.8, 4) is 11.5 Å². The second-order valence-electron chi connectivity index (χ2n) is 5.89. The van der Waals surface area contributed by atoms with Gasteiger partial charge < -0.3 is 14.8 Å². The van der Waals surface area contributed by atoms with E-state index in [1.165, 1.54) is 0 Å². The Bertz CT molecular complexity index is 652. The lowest BCUT2D eigenvalue weighted by atomic mass is 10.1. The number of aryl methyl sites for hydroxylation is 2. The van der Waals surface area contributed by atoms with Gasteiger partial charge in [-0.05, 0) is 49.6 Å². The van der Waals surface area contributed by atoms with Gasteiger partial charge in [-0.25, -0.2) is 0 Å². The van der Waals surface area contributed by atoms with Crippen LogP contribution < -0.4 is 14.8 Å². The molecule has 0 unspecified atom stereocenters. The number of carbonyl (C=O) groups excluding carboxylic acids is 1. The first-order chi connectivity index (χ1) is 11.6. The Morgan fingerprint density at radius 3 is 2.50 bits per heavy atom. The van der Waals surface area contributed by atoms with Crippen molar-refractivity contribution in [2.45, 2.75) is 32.7 Å². The fourth-order valence-corrected chi connectivity index (χ4v) is 2.37. The third-order valence-electron chi connectivity index (χ3n) is 3.79. The van der Waals surface area contributed by atoms with Gasteiger partial charge in [0, 0.05) is 6.42 Å². The minimum Gasteiger partial charge on any atom is -0.497 e. The molecule has 0 aromatic heterocycles. The Labute approximate surface area is 143 Å². The standard InChI is InChI=1S/C20H25NO3/c1-15-6-4-5-7-19(15)24-14-16(2)21-20(22)13-10-17-8-11-18(23-3)12-9-17/h4-9,11-12,16H,10,13-14H2,1-3H3,(H,21,22)/t16-/m0/s1. The van der Waals surface area contributed by atoms with Crippen LogP contribution >= 0.6 is 0 Å². The molecule has 1 atom stereocenters. The average molecular weight is 327 g/mol. The minimum atomic E-state index is -0.0343. The van der Waals surface area contributed by atoms with Gasteiger partial charge >= 0.3 is 0 Å². The Hall–Kier alpha value is -2.49. The molecule has 128 valence electrons. The van der Waals surface area contributed by atoms with Crippen LogP contribution in [0.2, 0.25) is 0 Å². The van der Waals surface area contributed by atoms with E-state index in [0.717, 1.165) is 22.6 Å². The van der Waals surface area contributed by atoms with E-state index in [2.05, 4.69) is 5.32 Å². The molecular formula is C20H25NO3. The molecule has 0 bridgehead atoms. The number of carbonyl (C=O) groups is 1. The van der Waals surface area contributed by atoms with Crippen LogP contribution in [0, 0.1) is 6.92 Å². The zero-order valence-electron chi connectivity index (χ0n) is 14.5. The number of hydrogen-bond donors (Lipinski definition) is 1. The maximum Gasteiger partial charge on any atom is 0.220 e. The summed E-state index contributed by atoms with van der Waals surface area (Å²) in [5.41, 5.74) is 2.21. The van der Waals surface area contributed by atoms with Gasteiger partial charge in [-0.15, -0.1) is 0 Å². The van der Waals surface area contributed by atoms with Crippen LogP contribution in [0.1, 0.15) is 24.5 Å². The first kappa shape index (κ1) is 17.9. The van der Waals surface area contributed by atoms with Crippen molar-refractivity contribution in [2.24, 2.45) is 0 Å². The van der Waals surface area contributed by atoms with Crippen molar-refractivity contribution in [3.05, 3.63) is 59.7 Å². The Balaban J connectivity index is 1.72. The van der Waals surface area contributed by atoms with Crippen molar-refractivity contribution in [2.75, 3.05) is 13.7 Å². The van der Waals surface area contributed by atoms with Gasteiger partial charge in [0.2, 0.25) is 5.91 Å². The largest absolute Gasteiger partial charge is 0.497 e. The molecule has 0 saturated heterocycles. The highest BCUT2D eigenvalue weighted by molar-refractivity contribution is 5.76. The summed E-state index contributed by atoms with van der Waals surface area (Å²) >= 11 is 0. The van der Waals surface area contributed by atoms with Crippen LogP contribution in [0.5, 0.6) is 11.5 Å². The number of ether oxygens (including phenoxy) is 2. The smallest absolute Gasteiger partial charge is 0.220 e. The highest BCUT2D eigenvalue weighted by Gasteiger charge is 2.09. The van der Waals surface area contributed by atoms with Crippen LogP contribution in [0.25, 0.3) is 0 Å². The van der Waals surface area contributed by atoms with Crippen LogP contribution in [-0.4, -0.2) is 25.7 Å². The maximum atomic E-state index is 12.0. The molecule has 4 heteroatoms. The molecule has 0 spiro atoms. The average Bonchev–Trinajstić information content (AvgIpc) is 2.59. The van der Waals surface area contributed by atoms with Crippen molar-refractivity contribution in [1.82, 2.24) is 5.32 Å². The number of hydrogen-bond acceptors (Lipinski definition) is 3. The summed E-state index contributed by atoms with van der Waals surface area (Å²) < 4.78 is 10.9. The first-order valence-corrected chi connectivity index (χ1v) is 8.19. The van der Waals surface area contributed by atoms with Crippen LogP contribution in [-0.2, 0) is 11.2 Å². The monoisotopic (exact) mass is 327 g/mol. The number of amides is 1. The van der Waals surface area contributed by atoms with E-state index in [4.69, 9.17) is 9.47 Å². The van der Waals surface area contributed by atoms with Gasteiger partial charge in [-0.2, -0.15) is 0 Å². The van der Waals surface area contributed by atoms with Gasteiger partial charge in [0.25, 0.3) is 0 Å². The molecule has 4 nitrogen and oxygen atoms in total. The summed E-state index contributed by atoms with van der Waals surface area (Å²) in [5.74, 6) is 1.72. The molecule has 0 aliphatic heterocycles. The van der Waals surface area contributed by atoms with E-state index in [1.807, 2.05) is 62.4 Å². The highest BCUT2D eigenvalue weighted by atomic mass is 16.5. The fraction of sp³-hybridized carbons (Fsp3) is 0.350. The van der Waals surface area contributed by atoms with Crippen molar-refractivity contribution in [1.29, 1.82) is 0 Å². The second kappa shape index (κ2) is 8.96. The van der Waals surface area contributed by atoms with E-state index in [-0.39, 0.29) is 11.9 Å². The molecule has 1 N–H and O–H groups in total. The molecule has 0 aliphatic carbocycles. The summed E-state index contributed by atoms with van der Waals surface area (Å²) in [5, 5.41) is 2.97. The highest BCUT2D eigenvalue weighted by Crippen LogP contribution is 2.16. The number of para-hydroxylation sites is 1. The van der Waals surface area contributed by atoms with Gasteiger partial charge in [0.05, 0.1) is 13.2 Å². The topological polar surface area (TPSA) is 47.6 Å². The predicted molar refractivity (Wildman–Crippen MR) is 95.6 cm³/mol. The molecule has 24 heavy (non-hydrogen) atoms. The molecular weight excluding hydrogens is 302 g/mol. The SMILES string of the molecule is COc1ccc(CCC(=O)N[C@@H](C)COc2ccccc2C)cc1. The Morgan fingerprint density at radius 1 is 1.12 bits per heavy atom. The van der Waals surface area contributed by atoms with Crippen LogP contribution in [0.3, 0.4) is 0 Å². The third-order valence-corrected chi connectivity index (χ3v) is 3.79. The maximum absolute atomic E-state index is 12.0. The summed E-state index contributed by atoms with van der Waals surface area (Å²) in [4.78, 5) is 12.0. The quantitative estimate of drug-likeness (QED) is 0.807. The zero-order valence-corrected chi connectivity index (χ0v) is 14.5. The van der Waals surface area contributed by atoms with Crippen LogP contribution in [0.4, 0.5) is 0 Å². The van der Waals surface area contributed by atoms with E-state index >= 15 is 0 Å². The summed E-state index contributed by atoms with van der Waals surface area (Å²) in [6.45, 7) is 4.41. The zero-order chi connectivity index (χ0) is 17.4. The predicted octanol–water partition coefficient (Wildman–Crippen LogP) is 3.52. The second-order valence-corrected chi connectivity index (χ2v) is 5.89. The van der Waals surface area contributed by atoms with Gasteiger partial charge in [0.15, 0.2) is 0 Å². The minimum absolute atomic E-state index is 0.0340. The summed E-state index contributed by atoms with van der Waals surface area (Å²) in [7, 11) is 1.64. The summed E-state index contributed by atoms with van der Waals surface area (Å²) in [6, 6.07) is 15.6. The molecule has 1 amide bonds. The molecule has 0 heterocycles. The molecule has 0 fully saturated rings. The van der Waals surface area contributed by atoms with Crippen molar-refractivity contribution >= 4 is 5.91 Å². The molecule has 2 rings (SSSR count). The summed E-state index contributed by atoms with van der Waals surface area (Å²) in [6.07, 6.45) is 1.17. The fourth-order valence-electron chi connectivity index (χ4n) is 2.37. The number of methoxy groups -OCH3 is 1. The molecule has 0 saturated carbocycles. The van der Waals surface area contributed by atoms with E-state index in [9.17, 15) is 4.79 Å². The molecule has 0 aliphatic rings. The van der Waals surface area contributed by atoms with E-state index < -0.39 is 0 Å². The van der Waals surface area contributed by atoms with Crippen molar-refractivity contribution < 1.29 is 14.3 Å². The lowest BCUT2D eigenvalue weighted by Crippen LogP contribution is -2.36. The normalized spacial score (nSPS) is 11.6. The van der Waals surface area contributed by atoms with E-state index in [0.29, 0.717) is 19.4 Å². The Kier molecular flexibility index (Phi) is 6.67. The number of nitrogens with one attached hydrogen (secondary N) is 1. The lowest BCUT2D eigenvalue weighted by molar-refractivity contribution is -0.121.